The molecule has 2 nitrogen and oxygen atoms in total. The molecule has 1 aliphatic rings. The molecule has 0 bridgehead atoms. The summed E-state index contributed by atoms with van der Waals surface area (Å²) in [5.74, 6) is 0.578. The van der Waals surface area contributed by atoms with Crippen LogP contribution in [-0.4, -0.2) is 12.6 Å². The highest BCUT2D eigenvalue weighted by Gasteiger charge is 2.41. The molecule has 136 valence electrons. The van der Waals surface area contributed by atoms with Gasteiger partial charge in [0.1, 0.15) is 0 Å². The van der Waals surface area contributed by atoms with E-state index in [-0.39, 0.29) is 11.4 Å². The maximum atomic E-state index is 11.2. The second-order valence-electron chi connectivity index (χ2n) is 8.16. The predicted octanol–water partition coefficient (Wildman–Crippen LogP) is 6.24. The Balaban J connectivity index is 2.90. The number of rotatable bonds is 7. The van der Waals surface area contributed by atoms with E-state index in [1.54, 1.807) is 0 Å². The van der Waals surface area contributed by atoms with E-state index in [1.807, 2.05) is 0 Å². The minimum Gasteiger partial charge on any atom is -0.465 e. The van der Waals surface area contributed by atoms with Crippen LogP contribution in [0.25, 0.3) is 0 Å². The van der Waals surface area contributed by atoms with Crippen LogP contribution in [0.1, 0.15) is 73.6 Å². The third-order valence-electron chi connectivity index (χ3n) is 5.39. The highest BCUT2D eigenvalue weighted by atomic mass is 16.5. The van der Waals surface area contributed by atoms with Gasteiger partial charge in [-0.3, -0.25) is 4.79 Å². The zero-order valence-electron chi connectivity index (χ0n) is 16.6. The number of ether oxygens (including phenoxy) is 1. The fraction of sp³-hybridized carbons (Fsp3) is 0.682. The Morgan fingerprint density at radius 1 is 1.21 bits per heavy atom. The summed E-state index contributed by atoms with van der Waals surface area (Å²) in [6.07, 6.45) is 10.3. The maximum Gasteiger partial charge on any atom is 0.302 e. The van der Waals surface area contributed by atoms with Crippen molar-refractivity contribution in [1.82, 2.24) is 0 Å². The van der Waals surface area contributed by atoms with Crippen molar-refractivity contribution in [3.05, 3.63) is 35.5 Å². The van der Waals surface area contributed by atoms with E-state index in [0.29, 0.717) is 18.4 Å². The van der Waals surface area contributed by atoms with Crippen LogP contribution in [0, 0.1) is 17.3 Å². The highest BCUT2D eigenvalue weighted by Crippen LogP contribution is 2.50. The van der Waals surface area contributed by atoms with E-state index in [2.05, 4.69) is 53.3 Å². The SMILES string of the molecule is C=C1[C@@H](COC(C)=O)CC[C@](C)(CCC=C(C)C)[C@H]1CC=C(C)C. The molecule has 1 saturated carbocycles. The summed E-state index contributed by atoms with van der Waals surface area (Å²) in [5, 5.41) is 0. The van der Waals surface area contributed by atoms with Crippen LogP contribution in [0.15, 0.2) is 35.5 Å². The molecule has 24 heavy (non-hydrogen) atoms. The predicted molar refractivity (Wildman–Crippen MR) is 103 cm³/mol. The molecule has 0 radical (unpaired) electrons. The topological polar surface area (TPSA) is 26.3 Å². The van der Waals surface area contributed by atoms with E-state index in [0.717, 1.165) is 19.3 Å². The molecular weight excluding hydrogens is 296 g/mol. The fourth-order valence-electron chi connectivity index (χ4n) is 3.78. The molecule has 0 amide bonds. The molecule has 0 aromatic carbocycles. The van der Waals surface area contributed by atoms with Gasteiger partial charge in [-0.25, -0.2) is 0 Å². The second-order valence-corrected chi connectivity index (χ2v) is 8.16. The number of esters is 1. The van der Waals surface area contributed by atoms with Gasteiger partial charge < -0.3 is 4.74 Å². The average molecular weight is 333 g/mol. The molecule has 0 aromatic rings. The molecule has 0 unspecified atom stereocenters. The first kappa shape index (κ1) is 20.7. The molecule has 2 heteroatoms. The third-order valence-corrected chi connectivity index (χ3v) is 5.39. The second kappa shape index (κ2) is 9.25. The van der Waals surface area contributed by atoms with Crippen molar-refractivity contribution in [2.24, 2.45) is 17.3 Å². The molecule has 3 atom stereocenters. The van der Waals surface area contributed by atoms with Gasteiger partial charge in [0.15, 0.2) is 0 Å². The molecule has 0 saturated heterocycles. The van der Waals surface area contributed by atoms with Crippen molar-refractivity contribution in [3.8, 4) is 0 Å². The fourth-order valence-corrected chi connectivity index (χ4v) is 3.78. The Labute approximate surface area is 149 Å². The van der Waals surface area contributed by atoms with Crippen molar-refractivity contribution in [2.75, 3.05) is 6.61 Å². The molecule has 0 aromatic heterocycles. The summed E-state index contributed by atoms with van der Waals surface area (Å²) in [4.78, 5) is 11.2. The van der Waals surface area contributed by atoms with Crippen LogP contribution in [-0.2, 0) is 9.53 Å². The van der Waals surface area contributed by atoms with Gasteiger partial charge in [-0.15, -0.1) is 0 Å². The maximum absolute atomic E-state index is 11.2. The van der Waals surface area contributed by atoms with Gasteiger partial charge in [0, 0.05) is 12.8 Å². The highest BCUT2D eigenvalue weighted by molar-refractivity contribution is 5.65. The quantitative estimate of drug-likeness (QED) is 0.407. The largest absolute Gasteiger partial charge is 0.465 e. The smallest absolute Gasteiger partial charge is 0.302 e. The minimum absolute atomic E-state index is 0.194. The Kier molecular flexibility index (Phi) is 7.99. The molecule has 0 spiro atoms. The van der Waals surface area contributed by atoms with Gasteiger partial charge in [-0.2, -0.15) is 0 Å². The molecule has 1 fully saturated rings. The summed E-state index contributed by atoms with van der Waals surface area (Å²) < 4.78 is 5.28. The van der Waals surface area contributed by atoms with Gasteiger partial charge in [-0.05, 0) is 71.1 Å². The van der Waals surface area contributed by atoms with Crippen LogP contribution in [0.4, 0.5) is 0 Å². The molecule has 1 aliphatic carbocycles. The zero-order chi connectivity index (χ0) is 18.3. The average Bonchev–Trinajstić information content (AvgIpc) is 2.45. The van der Waals surface area contributed by atoms with E-state index in [1.165, 1.54) is 36.5 Å². The van der Waals surface area contributed by atoms with E-state index in [4.69, 9.17) is 4.74 Å². The molecule has 0 N–H and O–H groups in total. The number of hydrogen-bond donors (Lipinski definition) is 0. The van der Waals surface area contributed by atoms with Crippen LogP contribution < -0.4 is 0 Å². The molecule has 0 heterocycles. The first-order chi connectivity index (χ1) is 11.2. The van der Waals surface area contributed by atoms with Gasteiger partial charge in [0.05, 0.1) is 6.61 Å². The van der Waals surface area contributed by atoms with E-state index < -0.39 is 0 Å². The van der Waals surface area contributed by atoms with Crippen LogP contribution in [0.2, 0.25) is 0 Å². The zero-order valence-corrected chi connectivity index (χ0v) is 16.6. The lowest BCUT2D eigenvalue weighted by atomic mass is 9.59. The normalized spacial score (nSPS) is 26.7. The lowest BCUT2D eigenvalue weighted by Crippen LogP contribution is -2.37. The monoisotopic (exact) mass is 332 g/mol. The molecule has 1 rings (SSSR count). The van der Waals surface area contributed by atoms with Crippen molar-refractivity contribution < 1.29 is 9.53 Å². The summed E-state index contributed by atoms with van der Waals surface area (Å²) in [6, 6.07) is 0. The van der Waals surface area contributed by atoms with Crippen molar-refractivity contribution in [3.63, 3.8) is 0 Å². The number of carbonyl (C=O) groups is 1. The van der Waals surface area contributed by atoms with Gasteiger partial charge >= 0.3 is 5.97 Å². The van der Waals surface area contributed by atoms with Crippen molar-refractivity contribution >= 4 is 5.97 Å². The summed E-state index contributed by atoms with van der Waals surface area (Å²) >= 11 is 0. The summed E-state index contributed by atoms with van der Waals surface area (Å²) in [6.45, 7) is 17.5. The first-order valence-corrected chi connectivity index (χ1v) is 9.24. The van der Waals surface area contributed by atoms with Crippen molar-refractivity contribution in [1.29, 1.82) is 0 Å². The summed E-state index contributed by atoms with van der Waals surface area (Å²) in [7, 11) is 0. The number of hydrogen-bond acceptors (Lipinski definition) is 2. The molecule has 0 aliphatic heterocycles. The first-order valence-electron chi connectivity index (χ1n) is 9.24. The van der Waals surface area contributed by atoms with Gasteiger partial charge in [-0.1, -0.05) is 42.4 Å². The Hall–Kier alpha value is -1.31. The Morgan fingerprint density at radius 2 is 1.83 bits per heavy atom. The van der Waals surface area contributed by atoms with E-state index in [9.17, 15) is 4.79 Å². The van der Waals surface area contributed by atoms with E-state index >= 15 is 0 Å². The third kappa shape index (κ3) is 6.30. The van der Waals surface area contributed by atoms with Crippen LogP contribution in [0.3, 0.4) is 0 Å². The van der Waals surface area contributed by atoms with Crippen LogP contribution in [0.5, 0.6) is 0 Å². The van der Waals surface area contributed by atoms with Gasteiger partial charge in [0.25, 0.3) is 0 Å². The lowest BCUT2D eigenvalue weighted by Gasteiger charge is -2.46. The molecular formula is C22H36O2. The minimum atomic E-state index is -0.194. The summed E-state index contributed by atoms with van der Waals surface area (Å²) in [5.41, 5.74) is 4.31. The Bertz CT molecular complexity index is 504. The Morgan fingerprint density at radius 3 is 2.38 bits per heavy atom. The number of allylic oxidation sites excluding steroid dienone is 4. The number of carbonyl (C=O) groups excluding carboxylic acids is 1. The lowest BCUT2D eigenvalue weighted by molar-refractivity contribution is -0.142. The van der Waals surface area contributed by atoms with Crippen LogP contribution >= 0.6 is 0 Å². The van der Waals surface area contributed by atoms with Gasteiger partial charge in [0.2, 0.25) is 0 Å². The van der Waals surface area contributed by atoms with Crippen molar-refractivity contribution in [2.45, 2.75) is 73.6 Å². The standard InChI is InChI=1S/C22H36O2/c1-16(2)9-8-13-22(7)14-12-20(15-24-19(6)23)18(5)21(22)11-10-17(3)4/h9-10,20-21H,5,8,11-15H2,1-4,6-7H3/t20-,21+,22+/m1/s1.